The molecule has 0 N–H and O–H groups in total. The first-order valence-corrected chi connectivity index (χ1v) is 5.12. The summed E-state index contributed by atoms with van der Waals surface area (Å²) in [6.07, 6.45) is 2.00. The summed E-state index contributed by atoms with van der Waals surface area (Å²) in [7, 11) is 0. The van der Waals surface area contributed by atoms with Crippen LogP contribution in [0.3, 0.4) is 0 Å². The zero-order valence-corrected chi connectivity index (χ0v) is 8.83. The van der Waals surface area contributed by atoms with E-state index in [0.717, 1.165) is 12.8 Å². The van der Waals surface area contributed by atoms with Gasteiger partial charge in [-0.05, 0) is 24.1 Å². The summed E-state index contributed by atoms with van der Waals surface area (Å²) in [4.78, 5) is 11.3. The van der Waals surface area contributed by atoms with Gasteiger partial charge in [0.1, 0.15) is 5.82 Å². The van der Waals surface area contributed by atoms with Crippen molar-refractivity contribution >= 4 is 5.97 Å². The molecule has 0 saturated carbocycles. The van der Waals surface area contributed by atoms with Crippen LogP contribution in [0, 0.1) is 5.82 Å². The molecule has 0 atom stereocenters. The number of hydrogen-bond donors (Lipinski definition) is 0. The molecule has 1 aromatic carbocycles. The van der Waals surface area contributed by atoms with E-state index in [1.54, 1.807) is 12.1 Å². The number of benzene rings is 1. The zero-order chi connectivity index (χ0) is 11.1. The predicted molar refractivity (Wildman–Crippen MR) is 56.0 cm³/mol. The third-order valence-electron chi connectivity index (χ3n) is 2.00. The molecule has 0 saturated heterocycles. The number of carbonyl (C=O) groups excluding carboxylic acids is 1. The highest BCUT2D eigenvalue weighted by atomic mass is 19.1. The van der Waals surface area contributed by atoms with Crippen molar-refractivity contribution in [2.45, 2.75) is 26.2 Å². The van der Waals surface area contributed by atoms with E-state index in [1.165, 1.54) is 12.1 Å². The number of ether oxygens (including phenoxy) is 1. The zero-order valence-electron chi connectivity index (χ0n) is 8.83. The summed E-state index contributed by atoms with van der Waals surface area (Å²) in [6, 6.07) is 6.00. The summed E-state index contributed by atoms with van der Waals surface area (Å²) in [5, 5.41) is 0. The van der Waals surface area contributed by atoms with Gasteiger partial charge in [-0.3, -0.25) is 4.79 Å². The van der Waals surface area contributed by atoms with Crippen molar-refractivity contribution < 1.29 is 13.9 Å². The van der Waals surface area contributed by atoms with E-state index in [2.05, 4.69) is 0 Å². The monoisotopic (exact) mass is 210 g/mol. The van der Waals surface area contributed by atoms with Gasteiger partial charge in [-0.25, -0.2) is 4.39 Å². The van der Waals surface area contributed by atoms with Gasteiger partial charge in [0.2, 0.25) is 0 Å². The van der Waals surface area contributed by atoms with Gasteiger partial charge in [0.05, 0.1) is 13.0 Å². The third kappa shape index (κ3) is 4.58. The van der Waals surface area contributed by atoms with E-state index in [9.17, 15) is 9.18 Å². The van der Waals surface area contributed by atoms with Crippen LogP contribution in [-0.2, 0) is 16.0 Å². The molecule has 1 aromatic rings. The van der Waals surface area contributed by atoms with Crippen LogP contribution in [0.4, 0.5) is 4.39 Å². The summed E-state index contributed by atoms with van der Waals surface area (Å²) in [5.41, 5.74) is 0.650. The van der Waals surface area contributed by atoms with Crippen molar-refractivity contribution in [3.63, 3.8) is 0 Å². The van der Waals surface area contributed by atoms with Crippen molar-refractivity contribution in [1.82, 2.24) is 0 Å². The van der Waals surface area contributed by atoms with Gasteiger partial charge in [0, 0.05) is 0 Å². The Balaban J connectivity index is 2.37. The molecule has 1 rings (SSSR count). The first kappa shape index (κ1) is 11.7. The average molecular weight is 210 g/mol. The fourth-order valence-corrected chi connectivity index (χ4v) is 1.19. The minimum Gasteiger partial charge on any atom is -0.465 e. The first-order chi connectivity index (χ1) is 7.22. The molecule has 0 aliphatic carbocycles. The minimum absolute atomic E-state index is 0.140. The van der Waals surface area contributed by atoms with Crippen LogP contribution in [0.5, 0.6) is 0 Å². The molecule has 0 aromatic heterocycles. The maximum Gasteiger partial charge on any atom is 0.310 e. The predicted octanol–water partition coefficient (Wildman–Crippen LogP) is 2.71. The topological polar surface area (TPSA) is 26.3 Å². The summed E-state index contributed by atoms with van der Waals surface area (Å²) in [5.74, 6) is -0.622. The highest BCUT2D eigenvalue weighted by Gasteiger charge is 2.04. The molecule has 0 fully saturated rings. The lowest BCUT2D eigenvalue weighted by Gasteiger charge is -2.03. The highest BCUT2D eigenvalue weighted by Crippen LogP contribution is 2.05. The van der Waals surface area contributed by atoms with E-state index in [4.69, 9.17) is 4.74 Å². The van der Waals surface area contributed by atoms with Crippen molar-refractivity contribution in [2.24, 2.45) is 0 Å². The average Bonchev–Trinajstić information content (AvgIpc) is 2.18. The fraction of sp³-hybridized carbons (Fsp3) is 0.417. The Morgan fingerprint density at radius 1 is 1.47 bits per heavy atom. The van der Waals surface area contributed by atoms with Gasteiger partial charge in [-0.15, -0.1) is 0 Å². The van der Waals surface area contributed by atoms with Crippen LogP contribution in [0.2, 0.25) is 0 Å². The molecule has 0 heterocycles. The first-order valence-electron chi connectivity index (χ1n) is 5.12. The van der Waals surface area contributed by atoms with Crippen molar-refractivity contribution in [3.05, 3.63) is 35.6 Å². The van der Waals surface area contributed by atoms with E-state index in [1.807, 2.05) is 6.92 Å². The second-order valence-electron chi connectivity index (χ2n) is 3.38. The maximum absolute atomic E-state index is 12.8. The maximum atomic E-state index is 12.8. The molecule has 3 heteroatoms. The van der Waals surface area contributed by atoms with Crippen LogP contribution >= 0.6 is 0 Å². The molecule has 0 bridgehead atoms. The van der Waals surface area contributed by atoms with E-state index < -0.39 is 0 Å². The normalized spacial score (nSPS) is 10.0. The van der Waals surface area contributed by atoms with Gasteiger partial charge < -0.3 is 4.74 Å². The SMILES string of the molecule is CCCCOC(=O)Cc1cccc(F)c1. The molecule has 15 heavy (non-hydrogen) atoms. The van der Waals surface area contributed by atoms with Crippen LogP contribution in [-0.4, -0.2) is 12.6 Å². The van der Waals surface area contributed by atoms with Crippen LogP contribution in [0.25, 0.3) is 0 Å². The molecule has 0 unspecified atom stereocenters. The molecular formula is C12H15FO2. The fourth-order valence-electron chi connectivity index (χ4n) is 1.19. The smallest absolute Gasteiger partial charge is 0.310 e. The number of rotatable bonds is 5. The van der Waals surface area contributed by atoms with E-state index >= 15 is 0 Å². The van der Waals surface area contributed by atoms with Crippen molar-refractivity contribution in [1.29, 1.82) is 0 Å². The Hall–Kier alpha value is -1.38. The summed E-state index contributed by atoms with van der Waals surface area (Å²) in [6.45, 7) is 2.48. The van der Waals surface area contributed by atoms with Crippen molar-refractivity contribution in [2.75, 3.05) is 6.61 Å². The quantitative estimate of drug-likeness (QED) is 0.551. The molecule has 82 valence electrons. The summed E-state index contributed by atoms with van der Waals surface area (Å²) < 4.78 is 17.7. The number of carbonyl (C=O) groups is 1. The van der Waals surface area contributed by atoms with Gasteiger partial charge in [-0.2, -0.15) is 0 Å². The van der Waals surface area contributed by atoms with Gasteiger partial charge in [-0.1, -0.05) is 25.5 Å². The van der Waals surface area contributed by atoms with E-state index in [0.29, 0.717) is 12.2 Å². The molecule has 0 amide bonds. The van der Waals surface area contributed by atoms with Crippen LogP contribution in [0.15, 0.2) is 24.3 Å². The Bertz CT molecular complexity index is 323. The van der Waals surface area contributed by atoms with Gasteiger partial charge in [0.15, 0.2) is 0 Å². The molecular weight excluding hydrogens is 195 g/mol. The Kier molecular flexibility index (Phi) is 4.81. The highest BCUT2D eigenvalue weighted by molar-refractivity contribution is 5.72. The Labute approximate surface area is 89.1 Å². The lowest BCUT2D eigenvalue weighted by molar-refractivity contribution is -0.142. The second-order valence-corrected chi connectivity index (χ2v) is 3.38. The van der Waals surface area contributed by atoms with Gasteiger partial charge in [0.25, 0.3) is 0 Å². The minimum atomic E-state index is -0.325. The number of halogens is 1. The second kappa shape index (κ2) is 6.17. The number of esters is 1. The largest absolute Gasteiger partial charge is 0.465 e. The Morgan fingerprint density at radius 2 is 2.27 bits per heavy atom. The molecule has 0 aliphatic rings. The molecule has 0 spiro atoms. The van der Waals surface area contributed by atoms with E-state index in [-0.39, 0.29) is 18.2 Å². The summed E-state index contributed by atoms with van der Waals surface area (Å²) >= 11 is 0. The van der Waals surface area contributed by atoms with Crippen LogP contribution in [0.1, 0.15) is 25.3 Å². The number of unbranched alkanes of at least 4 members (excludes halogenated alkanes) is 1. The lowest BCUT2D eigenvalue weighted by Crippen LogP contribution is -2.09. The third-order valence-corrected chi connectivity index (χ3v) is 2.00. The van der Waals surface area contributed by atoms with Gasteiger partial charge >= 0.3 is 5.97 Å². The lowest BCUT2D eigenvalue weighted by atomic mass is 10.1. The van der Waals surface area contributed by atoms with Crippen LogP contribution < -0.4 is 0 Å². The standard InChI is InChI=1S/C12H15FO2/c1-2-3-7-15-12(14)9-10-5-4-6-11(13)8-10/h4-6,8H,2-3,7,9H2,1H3. The van der Waals surface area contributed by atoms with Crippen molar-refractivity contribution in [3.8, 4) is 0 Å². The molecule has 2 nitrogen and oxygen atoms in total. The molecule has 0 aliphatic heterocycles. The molecule has 0 radical (unpaired) electrons. The Morgan fingerprint density at radius 3 is 2.93 bits per heavy atom. The number of hydrogen-bond acceptors (Lipinski definition) is 2.